The third-order valence-corrected chi connectivity index (χ3v) is 5.82. The van der Waals surface area contributed by atoms with Crippen LogP contribution in [-0.2, 0) is 14.6 Å². The van der Waals surface area contributed by atoms with Crippen LogP contribution >= 0.6 is 0 Å². The molecule has 0 bridgehead atoms. The zero-order valence-corrected chi connectivity index (χ0v) is 12.2. The SMILES string of the molecule is CC(C)(C(=O)N1CCCCCC1CO)S(C)(=O)=O. The largest absolute Gasteiger partial charge is 0.394 e. The number of hydrogen-bond acceptors (Lipinski definition) is 4. The molecule has 0 spiro atoms. The van der Waals surface area contributed by atoms with E-state index < -0.39 is 20.5 Å². The lowest BCUT2D eigenvalue weighted by Crippen LogP contribution is -2.53. The fourth-order valence-electron chi connectivity index (χ4n) is 2.14. The number of hydrogen-bond donors (Lipinski definition) is 1. The molecule has 0 aliphatic carbocycles. The van der Waals surface area contributed by atoms with Crippen LogP contribution in [0.4, 0.5) is 0 Å². The Hall–Kier alpha value is -0.620. The third-order valence-electron chi connectivity index (χ3n) is 3.79. The number of nitrogens with zero attached hydrogens (tertiary/aromatic N) is 1. The van der Waals surface area contributed by atoms with Crippen molar-refractivity contribution in [3.8, 4) is 0 Å². The predicted octanol–water partition coefficient (Wildman–Crippen LogP) is 0.573. The van der Waals surface area contributed by atoms with Crippen LogP contribution in [0, 0.1) is 0 Å². The molecule has 0 aromatic heterocycles. The van der Waals surface area contributed by atoms with Gasteiger partial charge in [-0.25, -0.2) is 8.42 Å². The minimum atomic E-state index is -3.47. The topological polar surface area (TPSA) is 74.7 Å². The van der Waals surface area contributed by atoms with Crippen LogP contribution in [0.3, 0.4) is 0 Å². The number of carbonyl (C=O) groups is 1. The van der Waals surface area contributed by atoms with Crippen LogP contribution in [0.25, 0.3) is 0 Å². The lowest BCUT2D eigenvalue weighted by molar-refractivity contribution is -0.136. The molecule has 1 fully saturated rings. The average molecular weight is 277 g/mol. The Labute approximate surface area is 109 Å². The van der Waals surface area contributed by atoms with E-state index in [0.29, 0.717) is 6.54 Å². The predicted molar refractivity (Wildman–Crippen MR) is 70.0 cm³/mol. The molecule has 106 valence electrons. The van der Waals surface area contributed by atoms with E-state index in [-0.39, 0.29) is 12.6 Å². The van der Waals surface area contributed by atoms with Gasteiger partial charge in [-0.3, -0.25) is 4.79 Å². The summed E-state index contributed by atoms with van der Waals surface area (Å²) in [5.41, 5.74) is 0. The van der Waals surface area contributed by atoms with Crippen molar-refractivity contribution in [1.29, 1.82) is 0 Å². The van der Waals surface area contributed by atoms with Crippen molar-refractivity contribution in [1.82, 2.24) is 4.90 Å². The highest BCUT2D eigenvalue weighted by Crippen LogP contribution is 2.24. The maximum Gasteiger partial charge on any atom is 0.243 e. The first-order valence-corrected chi connectivity index (χ1v) is 8.22. The molecule has 1 aliphatic heterocycles. The van der Waals surface area contributed by atoms with E-state index in [0.717, 1.165) is 31.9 Å². The van der Waals surface area contributed by atoms with Crippen molar-refractivity contribution in [2.45, 2.75) is 50.3 Å². The molecular weight excluding hydrogens is 254 g/mol. The van der Waals surface area contributed by atoms with Crippen molar-refractivity contribution >= 4 is 15.7 Å². The number of aliphatic hydroxyl groups is 1. The first-order chi connectivity index (χ1) is 8.21. The molecule has 0 saturated carbocycles. The second kappa shape index (κ2) is 5.57. The Morgan fingerprint density at radius 3 is 2.44 bits per heavy atom. The number of rotatable bonds is 3. The van der Waals surface area contributed by atoms with Crippen molar-refractivity contribution < 1.29 is 18.3 Å². The van der Waals surface area contributed by atoms with Gasteiger partial charge in [-0.2, -0.15) is 0 Å². The second-order valence-electron chi connectivity index (χ2n) is 5.47. The Kier molecular flexibility index (Phi) is 4.78. The summed E-state index contributed by atoms with van der Waals surface area (Å²) in [5.74, 6) is -0.397. The van der Waals surface area contributed by atoms with E-state index in [1.54, 1.807) is 4.90 Å². The number of amides is 1. The Morgan fingerprint density at radius 2 is 1.94 bits per heavy atom. The minimum absolute atomic E-state index is 0.106. The van der Waals surface area contributed by atoms with Gasteiger partial charge in [0, 0.05) is 12.8 Å². The zero-order chi connectivity index (χ0) is 14.0. The molecule has 1 rings (SSSR count). The van der Waals surface area contributed by atoms with Crippen LogP contribution in [0.5, 0.6) is 0 Å². The number of sulfone groups is 1. The molecule has 18 heavy (non-hydrogen) atoms. The van der Waals surface area contributed by atoms with Gasteiger partial charge in [0.05, 0.1) is 12.6 Å². The van der Waals surface area contributed by atoms with Gasteiger partial charge in [0.25, 0.3) is 0 Å². The molecule has 1 unspecified atom stereocenters. The first-order valence-electron chi connectivity index (χ1n) is 6.33. The molecule has 5 nitrogen and oxygen atoms in total. The van der Waals surface area contributed by atoms with Crippen LogP contribution in [0.15, 0.2) is 0 Å². The molecule has 1 saturated heterocycles. The van der Waals surface area contributed by atoms with Crippen LogP contribution in [0.1, 0.15) is 39.5 Å². The summed E-state index contributed by atoms with van der Waals surface area (Å²) in [6, 6.07) is -0.249. The highest BCUT2D eigenvalue weighted by molar-refractivity contribution is 7.92. The molecule has 1 heterocycles. The molecular formula is C12H23NO4S. The van der Waals surface area contributed by atoms with Gasteiger partial charge in [0.15, 0.2) is 9.84 Å². The lowest BCUT2D eigenvalue weighted by atomic mass is 10.1. The van der Waals surface area contributed by atoms with Gasteiger partial charge >= 0.3 is 0 Å². The van der Waals surface area contributed by atoms with Crippen LogP contribution in [0.2, 0.25) is 0 Å². The summed E-state index contributed by atoms with van der Waals surface area (Å²) in [6.07, 6.45) is 4.66. The van der Waals surface area contributed by atoms with E-state index in [1.807, 2.05) is 0 Å². The second-order valence-corrected chi connectivity index (χ2v) is 8.03. The molecule has 0 radical (unpaired) electrons. The fourth-order valence-corrected chi connectivity index (χ4v) is 2.57. The average Bonchev–Trinajstić information content (AvgIpc) is 2.50. The summed E-state index contributed by atoms with van der Waals surface area (Å²) in [5, 5.41) is 9.36. The van der Waals surface area contributed by atoms with Gasteiger partial charge in [-0.15, -0.1) is 0 Å². The smallest absolute Gasteiger partial charge is 0.243 e. The highest BCUT2D eigenvalue weighted by Gasteiger charge is 2.43. The van der Waals surface area contributed by atoms with E-state index in [9.17, 15) is 18.3 Å². The summed E-state index contributed by atoms with van der Waals surface area (Å²) in [4.78, 5) is 14.0. The van der Waals surface area contributed by atoms with E-state index in [1.165, 1.54) is 13.8 Å². The van der Waals surface area contributed by atoms with Gasteiger partial charge in [0.1, 0.15) is 4.75 Å². The van der Waals surface area contributed by atoms with Crippen molar-refractivity contribution in [3.63, 3.8) is 0 Å². The zero-order valence-electron chi connectivity index (χ0n) is 11.3. The van der Waals surface area contributed by atoms with E-state index in [2.05, 4.69) is 0 Å². The first kappa shape index (κ1) is 15.4. The summed E-state index contributed by atoms with van der Waals surface area (Å²) < 4.78 is 22.0. The molecule has 6 heteroatoms. The summed E-state index contributed by atoms with van der Waals surface area (Å²) in [7, 11) is -3.47. The molecule has 1 aliphatic rings. The molecule has 0 aromatic rings. The Balaban J connectivity index is 2.99. The Bertz CT molecular complexity index is 402. The normalized spacial score (nSPS) is 22.7. The van der Waals surface area contributed by atoms with Crippen molar-refractivity contribution in [2.24, 2.45) is 0 Å². The summed E-state index contributed by atoms with van der Waals surface area (Å²) >= 11 is 0. The highest BCUT2D eigenvalue weighted by atomic mass is 32.2. The van der Waals surface area contributed by atoms with E-state index in [4.69, 9.17) is 0 Å². The maximum absolute atomic E-state index is 12.4. The van der Waals surface area contributed by atoms with Crippen molar-refractivity contribution in [2.75, 3.05) is 19.4 Å². The molecule has 1 N–H and O–H groups in total. The maximum atomic E-state index is 12.4. The summed E-state index contributed by atoms with van der Waals surface area (Å²) in [6.45, 7) is 3.29. The quantitative estimate of drug-likeness (QED) is 0.818. The number of aliphatic hydroxyl groups excluding tert-OH is 1. The monoisotopic (exact) mass is 277 g/mol. The van der Waals surface area contributed by atoms with Gasteiger partial charge < -0.3 is 10.0 Å². The standard InChI is InChI=1S/C12H23NO4S/c1-12(2,18(3,16)17)11(15)13-8-6-4-5-7-10(13)9-14/h10,14H,4-9H2,1-3H3. The Morgan fingerprint density at radius 1 is 1.33 bits per heavy atom. The van der Waals surface area contributed by atoms with Crippen LogP contribution < -0.4 is 0 Å². The fraction of sp³-hybridized carbons (Fsp3) is 0.917. The van der Waals surface area contributed by atoms with E-state index >= 15 is 0 Å². The van der Waals surface area contributed by atoms with Gasteiger partial charge in [-0.05, 0) is 26.7 Å². The number of carbonyl (C=O) groups excluding carboxylic acids is 1. The molecule has 0 aromatic carbocycles. The van der Waals surface area contributed by atoms with Gasteiger partial charge in [-0.1, -0.05) is 12.8 Å². The number of likely N-dealkylation sites (tertiary alicyclic amines) is 1. The van der Waals surface area contributed by atoms with Crippen molar-refractivity contribution in [3.05, 3.63) is 0 Å². The minimum Gasteiger partial charge on any atom is -0.394 e. The van der Waals surface area contributed by atoms with Gasteiger partial charge in [0.2, 0.25) is 5.91 Å². The molecule has 1 amide bonds. The molecule has 1 atom stereocenters. The van der Waals surface area contributed by atoms with Crippen LogP contribution in [-0.4, -0.2) is 54.5 Å². The third kappa shape index (κ3) is 3.03. The lowest BCUT2D eigenvalue weighted by Gasteiger charge is -2.34.